The second-order valence-electron chi connectivity index (χ2n) is 9.77. The first-order valence-corrected chi connectivity index (χ1v) is 12.2. The second-order valence-corrected chi connectivity index (χ2v) is 9.77. The third-order valence-electron chi connectivity index (χ3n) is 5.97. The number of likely N-dealkylation sites (tertiary alicyclic amines) is 1. The zero-order valence-corrected chi connectivity index (χ0v) is 21.0. The number of hydrogen-bond donors (Lipinski definition) is 0. The van der Waals surface area contributed by atoms with Crippen LogP contribution < -0.4 is 4.90 Å². The number of rotatable bonds is 6. The van der Waals surface area contributed by atoms with Gasteiger partial charge >= 0.3 is 12.2 Å². The summed E-state index contributed by atoms with van der Waals surface area (Å²) in [4.78, 5) is 34.4. The van der Waals surface area contributed by atoms with Crippen molar-refractivity contribution >= 4 is 18.0 Å². The summed E-state index contributed by atoms with van der Waals surface area (Å²) < 4.78 is 11.4. The van der Waals surface area contributed by atoms with Gasteiger partial charge in [-0.15, -0.1) is 0 Å². The molecule has 7 heteroatoms. The minimum atomic E-state index is -0.629. The lowest BCUT2D eigenvalue weighted by atomic mass is 9.95. The summed E-state index contributed by atoms with van der Waals surface area (Å²) in [6, 6.07) is 13.1. The number of ether oxygens (including phenoxy) is 2. The van der Waals surface area contributed by atoms with Gasteiger partial charge in [0.25, 0.3) is 0 Å². The molecule has 2 unspecified atom stereocenters. The van der Waals surface area contributed by atoms with Gasteiger partial charge in [-0.25, -0.2) is 14.6 Å². The molecule has 7 nitrogen and oxygen atoms in total. The Morgan fingerprint density at radius 2 is 1.88 bits per heavy atom. The van der Waals surface area contributed by atoms with Crippen LogP contribution in [0.4, 0.5) is 15.4 Å². The molecular formula is C27H37N3O4. The van der Waals surface area contributed by atoms with Gasteiger partial charge in [-0.1, -0.05) is 43.3 Å². The summed E-state index contributed by atoms with van der Waals surface area (Å²) >= 11 is 0. The Bertz CT molecular complexity index is 958. The predicted octanol–water partition coefficient (Wildman–Crippen LogP) is 6.49. The first kappa shape index (κ1) is 25.5. The van der Waals surface area contributed by atoms with Gasteiger partial charge in [0.1, 0.15) is 18.0 Å². The van der Waals surface area contributed by atoms with Crippen molar-refractivity contribution in [2.45, 2.75) is 84.6 Å². The fourth-order valence-electron chi connectivity index (χ4n) is 4.12. The molecule has 1 saturated heterocycles. The number of pyridine rings is 1. The van der Waals surface area contributed by atoms with Crippen LogP contribution in [-0.4, -0.2) is 40.3 Å². The van der Waals surface area contributed by atoms with Crippen LogP contribution in [0.3, 0.4) is 0 Å². The largest absolute Gasteiger partial charge is 0.445 e. The molecule has 34 heavy (non-hydrogen) atoms. The zero-order chi connectivity index (χ0) is 24.7. The quantitative estimate of drug-likeness (QED) is 0.486. The first-order valence-electron chi connectivity index (χ1n) is 12.2. The molecule has 0 radical (unpaired) electrons. The van der Waals surface area contributed by atoms with Gasteiger partial charge in [-0.05, 0) is 65.0 Å². The molecule has 2 aromatic rings. The number of piperidine rings is 1. The van der Waals surface area contributed by atoms with Crippen LogP contribution >= 0.6 is 0 Å². The highest BCUT2D eigenvalue weighted by Gasteiger charge is 2.35. The Morgan fingerprint density at radius 1 is 1.15 bits per heavy atom. The molecular weight excluding hydrogens is 430 g/mol. The maximum Gasteiger partial charge on any atom is 0.416 e. The van der Waals surface area contributed by atoms with Gasteiger partial charge in [0.15, 0.2) is 0 Å². The summed E-state index contributed by atoms with van der Waals surface area (Å²) in [5, 5.41) is 0. The second kappa shape index (κ2) is 11.4. The van der Waals surface area contributed by atoms with Crippen LogP contribution in [0.15, 0.2) is 48.7 Å². The summed E-state index contributed by atoms with van der Waals surface area (Å²) in [6.45, 7) is 10.4. The van der Waals surface area contributed by atoms with Gasteiger partial charge in [-0.3, -0.25) is 4.90 Å². The Kier molecular flexibility index (Phi) is 8.53. The topological polar surface area (TPSA) is 72.0 Å². The van der Waals surface area contributed by atoms with Crippen molar-refractivity contribution in [1.82, 2.24) is 9.88 Å². The number of aromatic nitrogens is 1. The molecule has 2 atom stereocenters. The number of carbonyl (C=O) groups excluding carboxylic acids is 2. The fraction of sp³-hybridized carbons (Fsp3) is 0.519. The molecule has 184 valence electrons. The van der Waals surface area contributed by atoms with Crippen molar-refractivity contribution in [3.8, 4) is 0 Å². The Hall–Kier alpha value is -3.09. The predicted molar refractivity (Wildman–Crippen MR) is 133 cm³/mol. The zero-order valence-electron chi connectivity index (χ0n) is 21.0. The molecule has 1 fully saturated rings. The Balaban J connectivity index is 1.89. The summed E-state index contributed by atoms with van der Waals surface area (Å²) in [6.07, 6.45) is 4.31. The van der Waals surface area contributed by atoms with E-state index in [1.165, 1.54) is 0 Å². The maximum atomic E-state index is 13.2. The summed E-state index contributed by atoms with van der Waals surface area (Å²) in [5.74, 6) is 0.541. The van der Waals surface area contributed by atoms with E-state index in [2.05, 4.69) is 4.98 Å². The van der Waals surface area contributed by atoms with Gasteiger partial charge in [0, 0.05) is 24.3 Å². The van der Waals surface area contributed by atoms with E-state index in [1.807, 2.05) is 77.1 Å². The molecule has 0 N–H and O–H groups in total. The number of carbonyl (C=O) groups is 2. The van der Waals surface area contributed by atoms with E-state index in [-0.39, 0.29) is 24.8 Å². The Morgan fingerprint density at radius 3 is 2.56 bits per heavy atom. The van der Waals surface area contributed by atoms with Crippen molar-refractivity contribution < 1.29 is 19.1 Å². The standard InChI is InChI=1S/C27H37N3O4/c1-6-20(2)30(26(32)34-27(3,4)5)24-22(15-12-17-28-24)23-16-10-11-18-29(23)25(31)33-19-21-13-8-7-9-14-21/h7-9,12-15,17,20,23H,6,10-11,16,18-19H2,1-5H3. The van der Waals surface area contributed by atoms with Crippen molar-refractivity contribution in [2.24, 2.45) is 0 Å². The number of benzene rings is 1. The highest BCUT2D eigenvalue weighted by molar-refractivity contribution is 5.88. The van der Waals surface area contributed by atoms with Gasteiger partial charge in [0.05, 0.1) is 6.04 Å². The fourth-order valence-corrected chi connectivity index (χ4v) is 4.12. The minimum absolute atomic E-state index is 0.120. The normalized spacial score (nSPS) is 17.1. The van der Waals surface area contributed by atoms with Crippen LogP contribution in [0, 0.1) is 0 Å². The lowest BCUT2D eigenvalue weighted by Crippen LogP contribution is -2.44. The molecule has 2 amide bonds. The molecule has 1 aromatic heterocycles. The van der Waals surface area contributed by atoms with E-state index in [1.54, 1.807) is 16.0 Å². The highest BCUT2D eigenvalue weighted by atomic mass is 16.6. The maximum absolute atomic E-state index is 13.2. The third-order valence-corrected chi connectivity index (χ3v) is 5.97. The average Bonchev–Trinajstić information content (AvgIpc) is 2.82. The molecule has 3 rings (SSSR count). The van der Waals surface area contributed by atoms with Crippen molar-refractivity contribution in [2.75, 3.05) is 11.4 Å². The van der Waals surface area contributed by atoms with Crippen molar-refractivity contribution in [3.05, 3.63) is 59.8 Å². The molecule has 0 spiro atoms. The van der Waals surface area contributed by atoms with E-state index in [0.717, 1.165) is 36.8 Å². The monoisotopic (exact) mass is 467 g/mol. The molecule has 1 aromatic carbocycles. The van der Waals surface area contributed by atoms with E-state index >= 15 is 0 Å². The SMILES string of the molecule is CCC(C)N(C(=O)OC(C)(C)C)c1ncccc1C1CCCCN1C(=O)OCc1ccccc1. The lowest BCUT2D eigenvalue weighted by Gasteiger charge is -2.38. The summed E-state index contributed by atoms with van der Waals surface area (Å²) in [7, 11) is 0. The van der Waals surface area contributed by atoms with Gasteiger partial charge in [-0.2, -0.15) is 0 Å². The van der Waals surface area contributed by atoms with E-state index in [9.17, 15) is 9.59 Å². The molecule has 1 aliphatic heterocycles. The number of amides is 2. The molecule has 2 heterocycles. The van der Waals surface area contributed by atoms with Gasteiger partial charge < -0.3 is 14.4 Å². The molecule has 0 bridgehead atoms. The highest BCUT2D eigenvalue weighted by Crippen LogP contribution is 2.37. The van der Waals surface area contributed by atoms with Crippen LogP contribution in [0.2, 0.25) is 0 Å². The number of hydrogen-bond acceptors (Lipinski definition) is 5. The summed E-state index contributed by atoms with van der Waals surface area (Å²) in [5.41, 5.74) is 1.15. The van der Waals surface area contributed by atoms with Crippen molar-refractivity contribution in [3.63, 3.8) is 0 Å². The van der Waals surface area contributed by atoms with E-state index < -0.39 is 11.7 Å². The first-order chi connectivity index (χ1) is 16.2. The smallest absolute Gasteiger partial charge is 0.416 e. The van der Waals surface area contributed by atoms with Gasteiger partial charge in [0.2, 0.25) is 0 Å². The van der Waals surface area contributed by atoms with Crippen molar-refractivity contribution in [1.29, 1.82) is 0 Å². The third kappa shape index (κ3) is 6.49. The van der Waals surface area contributed by atoms with Crippen LogP contribution in [0.1, 0.15) is 77.5 Å². The number of anilines is 1. The number of nitrogens with zero attached hydrogens (tertiary/aromatic N) is 3. The minimum Gasteiger partial charge on any atom is -0.445 e. The molecule has 1 aliphatic rings. The van der Waals surface area contributed by atoms with E-state index in [4.69, 9.17) is 9.47 Å². The lowest BCUT2D eigenvalue weighted by molar-refractivity contribution is 0.0564. The molecule has 0 aliphatic carbocycles. The molecule has 0 saturated carbocycles. The average molecular weight is 468 g/mol. The van der Waals surface area contributed by atoms with Crippen LogP contribution in [-0.2, 0) is 16.1 Å². The Labute approximate surface area is 203 Å². The van der Waals surface area contributed by atoms with Crippen LogP contribution in [0.5, 0.6) is 0 Å². The van der Waals surface area contributed by atoms with Crippen LogP contribution in [0.25, 0.3) is 0 Å². The van der Waals surface area contributed by atoms with E-state index in [0.29, 0.717) is 12.4 Å².